The van der Waals surface area contributed by atoms with Gasteiger partial charge in [0.25, 0.3) is 5.91 Å². The fourth-order valence-corrected chi connectivity index (χ4v) is 4.10. The zero-order valence-corrected chi connectivity index (χ0v) is 16.8. The van der Waals surface area contributed by atoms with Crippen LogP contribution in [0.25, 0.3) is 10.8 Å². The number of aromatic nitrogens is 1. The molecule has 7 heteroatoms. The van der Waals surface area contributed by atoms with E-state index in [0.29, 0.717) is 30.0 Å². The summed E-state index contributed by atoms with van der Waals surface area (Å²) in [6.07, 6.45) is 3.65. The van der Waals surface area contributed by atoms with E-state index in [-0.39, 0.29) is 12.3 Å². The molecule has 1 amide bonds. The molecule has 3 aromatic rings. The first-order valence-electron chi connectivity index (χ1n) is 9.63. The summed E-state index contributed by atoms with van der Waals surface area (Å²) in [4.78, 5) is 31.0. The molecule has 1 unspecified atom stereocenters. The zero-order valence-electron chi connectivity index (χ0n) is 16.8. The number of benzene rings is 2. The third-order valence-electron chi connectivity index (χ3n) is 5.53. The molecule has 0 saturated carbocycles. The molecular formula is C23H22N2O5. The number of methoxy groups -OCH3 is 2. The molecule has 7 nitrogen and oxygen atoms in total. The molecular weight excluding hydrogens is 384 g/mol. The van der Waals surface area contributed by atoms with E-state index in [4.69, 9.17) is 9.47 Å². The van der Waals surface area contributed by atoms with E-state index in [9.17, 15) is 14.7 Å². The first-order chi connectivity index (χ1) is 14.5. The van der Waals surface area contributed by atoms with Crippen LogP contribution in [0.3, 0.4) is 0 Å². The van der Waals surface area contributed by atoms with Crippen LogP contribution in [0.15, 0.2) is 48.8 Å². The molecule has 0 radical (unpaired) electrons. The molecule has 1 N–H and O–H groups in total. The number of carboxylic acid groups (broad SMARTS) is 1. The van der Waals surface area contributed by atoms with Crippen LogP contribution in [0.4, 0.5) is 0 Å². The number of amides is 1. The van der Waals surface area contributed by atoms with Gasteiger partial charge in [-0.3, -0.25) is 14.6 Å². The molecule has 1 aliphatic heterocycles. The van der Waals surface area contributed by atoms with Crippen LogP contribution in [-0.2, 0) is 11.2 Å². The lowest BCUT2D eigenvalue weighted by Gasteiger charge is -2.37. The minimum atomic E-state index is -0.975. The van der Waals surface area contributed by atoms with E-state index in [2.05, 4.69) is 4.98 Å². The number of aliphatic carboxylic acids is 1. The number of carbonyl (C=O) groups is 2. The number of hydrogen-bond donors (Lipinski definition) is 1. The van der Waals surface area contributed by atoms with Crippen molar-refractivity contribution in [3.05, 3.63) is 65.5 Å². The van der Waals surface area contributed by atoms with Gasteiger partial charge in [0.1, 0.15) is 0 Å². The molecule has 1 aliphatic rings. The Hall–Kier alpha value is -3.61. The normalized spacial score (nSPS) is 15.5. The summed E-state index contributed by atoms with van der Waals surface area (Å²) in [5.41, 5.74) is 2.19. The number of carboxylic acids is 1. The Bertz CT molecular complexity index is 1120. The number of hydrogen-bond acceptors (Lipinski definition) is 5. The standard InChI is InChI=1S/C23H22N2O5/c1-29-20-9-14-7-8-25(19(11-22(26)27)17(14)10-21(20)30-2)23(28)18-13-24-12-15-5-3-4-6-16(15)18/h3-6,9-10,12-13,19H,7-8,11H2,1-2H3,(H,26,27). The van der Waals surface area contributed by atoms with Gasteiger partial charge < -0.3 is 19.5 Å². The molecule has 1 atom stereocenters. The summed E-state index contributed by atoms with van der Waals surface area (Å²) in [5.74, 6) is -0.112. The molecule has 2 heterocycles. The minimum absolute atomic E-state index is 0.202. The molecule has 1 aromatic heterocycles. The molecule has 0 spiro atoms. The molecule has 154 valence electrons. The van der Waals surface area contributed by atoms with Crippen LogP contribution in [-0.4, -0.2) is 47.6 Å². The molecule has 2 aromatic carbocycles. The average Bonchev–Trinajstić information content (AvgIpc) is 2.77. The topological polar surface area (TPSA) is 89.0 Å². The Labute approximate surface area is 173 Å². The van der Waals surface area contributed by atoms with E-state index in [1.807, 2.05) is 30.3 Å². The number of pyridine rings is 1. The summed E-state index contributed by atoms with van der Waals surface area (Å²) in [5, 5.41) is 11.2. The second-order valence-corrected chi connectivity index (χ2v) is 7.18. The smallest absolute Gasteiger partial charge is 0.305 e. The van der Waals surface area contributed by atoms with Crippen molar-refractivity contribution in [2.45, 2.75) is 18.9 Å². The van der Waals surface area contributed by atoms with E-state index < -0.39 is 12.0 Å². The summed E-state index contributed by atoms with van der Waals surface area (Å²) in [6.45, 7) is 0.405. The van der Waals surface area contributed by atoms with E-state index >= 15 is 0 Å². The Kier molecular flexibility index (Phi) is 5.27. The maximum absolute atomic E-state index is 13.5. The third kappa shape index (κ3) is 3.43. The number of carbonyl (C=O) groups excluding carboxylic acids is 1. The van der Waals surface area contributed by atoms with Crippen LogP contribution >= 0.6 is 0 Å². The minimum Gasteiger partial charge on any atom is -0.493 e. The predicted molar refractivity (Wildman–Crippen MR) is 111 cm³/mol. The van der Waals surface area contributed by atoms with Crippen molar-refractivity contribution in [2.24, 2.45) is 0 Å². The maximum Gasteiger partial charge on any atom is 0.305 e. The highest BCUT2D eigenvalue weighted by molar-refractivity contribution is 6.06. The Balaban J connectivity index is 1.80. The highest BCUT2D eigenvalue weighted by Crippen LogP contribution is 2.40. The van der Waals surface area contributed by atoms with Crippen LogP contribution in [0.2, 0.25) is 0 Å². The van der Waals surface area contributed by atoms with Gasteiger partial charge in [-0.2, -0.15) is 0 Å². The first-order valence-corrected chi connectivity index (χ1v) is 9.63. The largest absolute Gasteiger partial charge is 0.493 e. The van der Waals surface area contributed by atoms with E-state index in [1.54, 1.807) is 30.5 Å². The lowest BCUT2D eigenvalue weighted by molar-refractivity contribution is -0.138. The maximum atomic E-state index is 13.5. The van der Waals surface area contributed by atoms with Gasteiger partial charge >= 0.3 is 5.97 Å². The van der Waals surface area contributed by atoms with Crippen molar-refractivity contribution in [3.63, 3.8) is 0 Å². The summed E-state index contributed by atoms with van der Waals surface area (Å²) < 4.78 is 10.8. The number of ether oxygens (including phenoxy) is 2. The molecule has 30 heavy (non-hydrogen) atoms. The second-order valence-electron chi connectivity index (χ2n) is 7.18. The monoisotopic (exact) mass is 406 g/mol. The van der Waals surface area contributed by atoms with Gasteiger partial charge in [0.05, 0.1) is 32.2 Å². The number of fused-ring (bicyclic) bond motifs is 2. The predicted octanol–water partition coefficient (Wildman–Crippen LogP) is 3.47. The van der Waals surface area contributed by atoms with Crippen molar-refractivity contribution in [3.8, 4) is 11.5 Å². The van der Waals surface area contributed by atoms with Crippen LogP contribution < -0.4 is 9.47 Å². The Morgan fingerprint density at radius 3 is 2.60 bits per heavy atom. The van der Waals surface area contributed by atoms with Crippen molar-refractivity contribution < 1.29 is 24.2 Å². The molecule has 0 bridgehead atoms. The van der Waals surface area contributed by atoms with Crippen molar-refractivity contribution in [1.29, 1.82) is 0 Å². The van der Waals surface area contributed by atoms with Gasteiger partial charge in [-0.15, -0.1) is 0 Å². The summed E-state index contributed by atoms with van der Waals surface area (Å²) in [6, 6.07) is 10.6. The number of rotatable bonds is 5. The van der Waals surface area contributed by atoms with E-state index in [1.165, 1.54) is 7.11 Å². The Morgan fingerprint density at radius 1 is 1.13 bits per heavy atom. The average molecular weight is 406 g/mol. The van der Waals surface area contributed by atoms with Gasteiger partial charge in [-0.1, -0.05) is 24.3 Å². The van der Waals surface area contributed by atoms with Crippen molar-refractivity contribution in [1.82, 2.24) is 9.88 Å². The third-order valence-corrected chi connectivity index (χ3v) is 5.53. The zero-order chi connectivity index (χ0) is 21.3. The molecule has 0 fully saturated rings. The summed E-state index contributed by atoms with van der Waals surface area (Å²) in [7, 11) is 3.09. The van der Waals surface area contributed by atoms with Crippen LogP contribution in [0.5, 0.6) is 11.5 Å². The van der Waals surface area contributed by atoms with Crippen molar-refractivity contribution in [2.75, 3.05) is 20.8 Å². The summed E-state index contributed by atoms with van der Waals surface area (Å²) >= 11 is 0. The fraction of sp³-hybridized carbons (Fsp3) is 0.261. The lowest BCUT2D eigenvalue weighted by Crippen LogP contribution is -2.41. The molecule has 0 saturated heterocycles. The second kappa shape index (κ2) is 8.02. The van der Waals surface area contributed by atoms with Gasteiger partial charge in [0.2, 0.25) is 0 Å². The first kappa shape index (κ1) is 19.7. The van der Waals surface area contributed by atoms with Gasteiger partial charge in [0.15, 0.2) is 11.5 Å². The Morgan fingerprint density at radius 2 is 1.87 bits per heavy atom. The van der Waals surface area contributed by atoms with Gasteiger partial charge in [0, 0.05) is 24.3 Å². The number of nitrogens with zero attached hydrogens (tertiary/aromatic N) is 2. The fourth-order valence-electron chi connectivity index (χ4n) is 4.10. The van der Waals surface area contributed by atoms with Crippen molar-refractivity contribution >= 4 is 22.6 Å². The highest BCUT2D eigenvalue weighted by Gasteiger charge is 2.34. The highest BCUT2D eigenvalue weighted by atomic mass is 16.5. The lowest BCUT2D eigenvalue weighted by atomic mass is 9.89. The molecule has 0 aliphatic carbocycles. The quantitative estimate of drug-likeness (QED) is 0.698. The van der Waals surface area contributed by atoms with Crippen LogP contribution in [0, 0.1) is 0 Å². The van der Waals surface area contributed by atoms with Gasteiger partial charge in [-0.05, 0) is 35.1 Å². The van der Waals surface area contributed by atoms with Gasteiger partial charge in [-0.25, -0.2) is 0 Å². The molecule has 4 rings (SSSR count). The van der Waals surface area contributed by atoms with Crippen LogP contribution in [0.1, 0.15) is 33.9 Å². The van der Waals surface area contributed by atoms with E-state index in [0.717, 1.165) is 21.9 Å². The SMILES string of the molecule is COc1cc2c(cc1OC)C(CC(=O)O)N(C(=O)c1cncc3ccccc13)CC2.